The molecular weight excluding hydrogens is 402 g/mol. The second-order valence-corrected chi connectivity index (χ2v) is 9.71. The lowest BCUT2D eigenvalue weighted by molar-refractivity contribution is -0.115. The molecule has 1 aromatic heterocycles. The van der Waals surface area contributed by atoms with Crippen LogP contribution in [0.25, 0.3) is 10.2 Å². The van der Waals surface area contributed by atoms with E-state index in [4.69, 9.17) is 0 Å². The number of hydrogen-bond acceptors (Lipinski definition) is 5. The Hall–Kier alpha value is -1.03. The van der Waals surface area contributed by atoms with Gasteiger partial charge < -0.3 is 5.32 Å². The molecule has 1 aromatic carbocycles. The Labute approximate surface area is 147 Å². The average molecular weight is 418 g/mol. The number of nitrogens with zero attached hydrogens (tertiary/aromatic N) is 2. The van der Waals surface area contributed by atoms with Crippen molar-refractivity contribution in [2.75, 3.05) is 18.4 Å². The second-order valence-electron chi connectivity index (χ2n) is 5.36. The van der Waals surface area contributed by atoms with Crippen LogP contribution < -0.4 is 5.32 Å². The molecule has 1 amide bonds. The van der Waals surface area contributed by atoms with E-state index >= 15 is 0 Å². The largest absolute Gasteiger partial charge is 0.301 e. The van der Waals surface area contributed by atoms with Crippen molar-refractivity contribution in [2.45, 2.75) is 29.5 Å². The monoisotopic (exact) mass is 417 g/mol. The molecule has 0 saturated carbocycles. The van der Waals surface area contributed by atoms with Crippen molar-refractivity contribution in [1.82, 2.24) is 9.29 Å². The van der Waals surface area contributed by atoms with Crippen molar-refractivity contribution in [1.29, 1.82) is 0 Å². The SMILES string of the molecule is CC(Br)C(=O)Nc1nc2ccc(S(=O)(=O)N3CCCC3)cc2s1. The molecule has 6 nitrogen and oxygen atoms in total. The molecule has 1 unspecified atom stereocenters. The Morgan fingerprint density at radius 3 is 2.74 bits per heavy atom. The molecule has 1 saturated heterocycles. The Balaban J connectivity index is 1.91. The van der Waals surface area contributed by atoms with Gasteiger partial charge in [0.1, 0.15) is 0 Å². The molecule has 0 bridgehead atoms. The zero-order chi connectivity index (χ0) is 16.6. The summed E-state index contributed by atoms with van der Waals surface area (Å²) < 4.78 is 27.4. The molecule has 0 aliphatic carbocycles. The summed E-state index contributed by atoms with van der Waals surface area (Å²) in [6.07, 6.45) is 1.81. The van der Waals surface area contributed by atoms with Gasteiger partial charge in [0.15, 0.2) is 5.13 Å². The van der Waals surface area contributed by atoms with E-state index < -0.39 is 10.0 Å². The van der Waals surface area contributed by atoms with Crippen LogP contribution in [0.1, 0.15) is 19.8 Å². The molecule has 3 rings (SSSR count). The predicted octanol–water partition coefficient (Wildman–Crippen LogP) is 2.80. The van der Waals surface area contributed by atoms with Gasteiger partial charge in [-0.3, -0.25) is 4.79 Å². The maximum atomic E-state index is 12.6. The normalized spacial score (nSPS) is 17.5. The lowest BCUT2D eigenvalue weighted by atomic mass is 10.3. The topological polar surface area (TPSA) is 79.4 Å². The first kappa shape index (κ1) is 16.8. The number of carbonyl (C=O) groups excluding carboxylic acids is 1. The van der Waals surface area contributed by atoms with E-state index in [0.717, 1.165) is 17.5 Å². The van der Waals surface area contributed by atoms with E-state index in [1.807, 2.05) is 0 Å². The Kier molecular flexibility index (Phi) is 4.73. The Morgan fingerprint density at radius 2 is 2.09 bits per heavy atom. The van der Waals surface area contributed by atoms with Gasteiger partial charge in [-0.15, -0.1) is 0 Å². The van der Waals surface area contributed by atoms with Crippen LogP contribution >= 0.6 is 27.3 Å². The molecule has 2 aromatic rings. The number of fused-ring (bicyclic) bond motifs is 1. The van der Waals surface area contributed by atoms with Gasteiger partial charge in [-0.25, -0.2) is 13.4 Å². The quantitative estimate of drug-likeness (QED) is 0.775. The van der Waals surface area contributed by atoms with E-state index in [2.05, 4.69) is 26.2 Å². The van der Waals surface area contributed by atoms with Crippen LogP contribution in [-0.2, 0) is 14.8 Å². The van der Waals surface area contributed by atoms with Crippen molar-refractivity contribution in [3.8, 4) is 0 Å². The minimum absolute atomic E-state index is 0.186. The molecule has 124 valence electrons. The Bertz CT molecular complexity index is 842. The number of sulfonamides is 1. The lowest BCUT2D eigenvalue weighted by Gasteiger charge is -2.15. The maximum Gasteiger partial charge on any atom is 0.243 e. The van der Waals surface area contributed by atoms with Gasteiger partial charge in [0.2, 0.25) is 15.9 Å². The van der Waals surface area contributed by atoms with E-state index in [0.29, 0.717) is 23.7 Å². The fourth-order valence-electron chi connectivity index (χ4n) is 2.40. The summed E-state index contributed by atoms with van der Waals surface area (Å²) in [5.74, 6) is -0.186. The van der Waals surface area contributed by atoms with E-state index in [1.54, 1.807) is 25.1 Å². The van der Waals surface area contributed by atoms with Crippen molar-refractivity contribution < 1.29 is 13.2 Å². The minimum Gasteiger partial charge on any atom is -0.301 e. The molecule has 1 aliphatic heterocycles. The summed E-state index contributed by atoms with van der Waals surface area (Å²) in [6, 6.07) is 4.89. The van der Waals surface area contributed by atoms with Crippen LogP contribution in [0.5, 0.6) is 0 Å². The van der Waals surface area contributed by atoms with Crippen LogP contribution in [0.3, 0.4) is 0 Å². The molecule has 9 heteroatoms. The molecule has 0 spiro atoms. The highest BCUT2D eigenvalue weighted by molar-refractivity contribution is 9.10. The fraction of sp³-hybridized carbons (Fsp3) is 0.429. The average Bonchev–Trinajstić information content (AvgIpc) is 3.15. The van der Waals surface area contributed by atoms with Gasteiger partial charge in [-0.1, -0.05) is 27.3 Å². The first-order valence-corrected chi connectivity index (χ1v) is 10.4. The molecular formula is C14H16BrN3O3S2. The smallest absolute Gasteiger partial charge is 0.243 e. The fourth-order valence-corrected chi connectivity index (χ4v) is 5.04. The number of benzene rings is 1. The summed E-state index contributed by atoms with van der Waals surface area (Å²) in [4.78, 5) is 16.0. The lowest BCUT2D eigenvalue weighted by Crippen LogP contribution is -2.27. The predicted molar refractivity (Wildman–Crippen MR) is 94.6 cm³/mol. The summed E-state index contributed by atoms with van der Waals surface area (Å²) in [6.45, 7) is 2.88. The number of aromatic nitrogens is 1. The minimum atomic E-state index is -3.44. The highest BCUT2D eigenvalue weighted by Crippen LogP contribution is 2.30. The van der Waals surface area contributed by atoms with Gasteiger partial charge in [0.05, 0.1) is 19.9 Å². The molecule has 0 radical (unpaired) electrons. The zero-order valence-corrected chi connectivity index (χ0v) is 15.7. The van der Waals surface area contributed by atoms with E-state index in [1.165, 1.54) is 15.6 Å². The summed E-state index contributed by atoms with van der Waals surface area (Å²) in [7, 11) is -3.44. The van der Waals surface area contributed by atoms with Crippen LogP contribution in [0.15, 0.2) is 23.1 Å². The molecule has 1 atom stereocenters. The van der Waals surface area contributed by atoms with E-state index in [-0.39, 0.29) is 15.6 Å². The molecule has 1 fully saturated rings. The third-order valence-corrected chi connectivity index (χ3v) is 6.90. The number of thiazole rings is 1. The number of rotatable bonds is 4. The summed E-state index contributed by atoms with van der Waals surface area (Å²) >= 11 is 4.47. The van der Waals surface area contributed by atoms with Crippen molar-refractivity contribution in [3.63, 3.8) is 0 Å². The summed E-state index contributed by atoms with van der Waals surface area (Å²) in [5, 5.41) is 3.17. The maximum absolute atomic E-state index is 12.6. The summed E-state index contributed by atoms with van der Waals surface area (Å²) in [5.41, 5.74) is 0.674. The highest BCUT2D eigenvalue weighted by atomic mass is 79.9. The number of nitrogens with one attached hydrogen (secondary N) is 1. The van der Waals surface area contributed by atoms with Gasteiger partial charge in [0, 0.05) is 13.1 Å². The molecule has 1 N–H and O–H groups in total. The van der Waals surface area contributed by atoms with Gasteiger partial charge in [-0.05, 0) is 38.0 Å². The number of anilines is 1. The van der Waals surface area contributed by atoms with Gasteiger partial charge in [-0.2, -0.15) is 4.31 Å². The second kappa shape index (κ2) is 6.46. The Morgan fingerprint density at radius 1 is 1.39 bits per heavy atom. The highest BCUT2D eigenvalue weighted by Gasteiger charge is 2.27. The number of halogens is 1. The van der Waals surface area contributed by atoms with Crippen molar-refractivity contribution >= 4 is 58.5 Å². The standard InChI is InChI=1S/C14H16BrN3O3S2/c1-9(15)13(19)17-14-16-11-5-4-10(8-12(11)22-14)23(20,21)18-6-2-3-7-18/h4-5,8-9H,2-3,6-7H2,1H3,(H,16,17,19). The van der Waals surface area contributed by atoms with Crippen LogP contribution in [0.4, 0.5) is 5.13 Å². The molecule has 2 heterocycles. The van der Waals surface area contributed by atoms with Gasteiger partial charge in [0.25, 0.3) is 0 Å². The van der Waals surface area contributed by atoms with Crippen molar-refractivity contribution in [2.24, 2.45) is 0 Å². The van der Waals surface area contributed by atoms with E-state index in [9.17, 15) is 13.2 Å². The molecule has 23 heavy (non-hydrogen) atoms. The number of carbonyl (C=O) groups is 1. The third kappa shape index (κ3) is 3.42. The third-order valence-electron chi connectivity index (χ3n) is 3.65. The number of amides is 1. The molecule has 1 aliphatic rings. The zero-order valence-electron chi connectivity index (χ0n) is 12.5. The number of hydrogen-bond donors (Lipinski definition) is 1. The van der Waals surface area contributed by atoms with Crippen molar-refractivity contribution in [3.05, 3.63) is 18.2 Å². The van der Waals surface area contributed by atoms with Crippen LogP contribution in [-0.4, -0.2) is 41.5 Å². The first-order valence-electron chi connectivity index (χ1n) is 7.23. The van der Waals surface area contributed by atoms with Crippen LogP contribution in [0, 0.1) is 0 Å². The first-order chi connectivity index (χ1) is 10.9. The number of alkyl halides is 1. The van der Waals surface area contributed by atoms with Gasteiger partial charge >= 0.3 is 0 Å². The van der Waals surface area contributed by atoms with Crippen LogP contribution in [0.2, 0.25) is 0 Å².